The first-order chi connectivity index (χ1) is 12.8. The van der Waals surface area contributed by atoms with Crippen LogP contribution in [-0.2, 0) is 21.2 Å². The van der Waals surface area contributed by atoms with E-state index in [0.29, 0.717) is 43.1 Å². The predicted octanol–water partition coefficient (Wildman–Crippen LogP) is 3.53. The first kappa shape index (κ1) is 20.4. The minimum absolute atomic E-state index is 0.000372. The highest BCUT2D eigenvalue weighted by molar-refractivity contribution is 7.91. The van der Waals surface area contributed by atoms with Crippen molar-refractivity contribution in [1.82, 2.24) is 9.62 Å². The number of sulfonamides is 1. The molecular formula is C18H23ClN2O4S2. The van der Waals surface area contributed by atoms with Gasteiger partial charge in [0.1, 0.15) is 9.97 Å². The number of rotatable bonds is 7. The van der Waals surface area contributed by atoms with Gasteiger partial charge in [0.25, 0.3) is 10.0 Å². The maximum atomic E-state index is 12.6. The largest absolute Gasteiger partial charge is 0.469 e. The minimum atomic E-state index is -3.48. The Bertz CT molecular complexity index is 856. The summed E-state index contributed by atoms with van der Waals surface area (Å²) in [5.41, 5.74) is 0. The summed E-state index contributed by atoms with van der Waals surface area (Å²) >= 11 is 6.93. The SMILES string of the molecule is CC(Cc1ccco1)NC(=O)CC1CCN(S(=O)(=O)c2ccc(Cl)s2)CC1. The molecule has 3 heterocycles. The van der Waals surface area contributed by atoms with Crippen molar-refractivity contribution in [2.45, 2.75) is 42.9 Å². The van der Waals surface area contributed by atoms with E-state index in [1.54, 1.807) is 18.4 Å². The molecule has 1 unspecified atom stereocenters. The van der Waals surface area contributed by atoms with Gasteiger partial charge >= 0.3 is 0 Å². The van der Waals surface area contributed by atoms with Crippen LogP contribution >= 0.6 is 22.9 Å². The average Bonchev–Trinajstić information content (AvgIpc) is 3.27. The Hall–Kier alpha value is -1.35. The molecule has 1 saturated heterocycles. The predicted molar refractivity (Wildman–Crippen MR) is 105 cm³/mol. The number of furan rings is 1. The monoisotopic (exact) mass is 430 g/mol. The van der Waals surface area contributed by atoms with Gasteiger partial charge in [0, 0.05) is 32.0 Å². The second-order valence-electron chi connectivity index (χ2n) is 6.86. The molecule has 0 bridgehead atoms. The average molecular weight is 431 g/mol. The smallest absolute Gasteiger partial charge is 0.252 e. The molecule has 0 radical (unpaired) electrons. The number of nitrogens with zero attached hydrogens (tertiary/aromatic N) is 1. The van der Waals surface area contributed by atoms with Crippen molar-refractivity contribution in [3.8, 4) is 0 Å². The van der Waals surface area contributed by atoms with Crippen LogP contribution in [-0.4, -0.2) is 37.8 Å². The highest BCUT2D eigenvalue weighted by Crippen LogP contribution is 2.31. The van der Waals surface area contributed by atoms with Crippen molar-refractivity contribution in [3.05, 3.63) is 40.6 Å². The lowest BCUT2D eigenvalue weighted by Crippen LogP contribution is -2.40. The number of amides is 1. The molecular weight excluding hydrogens is 408 g/mol. The number of carbonyl (C=O) groups is 1. The highest BCUT2D eigenvalue weighted by Gasteiger charge is 2.31. The van der Waals surface area contributed by atoms with Crippen LogP contribution < -0.4 is 5.32 Å². The first-order valence-electron chi connectivity index (χ1n) is 8.92. The molecule has 0 saturated carbocycles. The number of thiophene rings is 1. The zero-order chi connectivity index (χ0) is 19.4. The van der Waals surface area contributed by atoms with E-state index in [-0.39, 0.29) is 22.1 Å². The molecule has 2 aromatic heterocycles. The fourth-order valence-corrected chi connectivity index (χ4v) is 6.40. The Morgan fingerprint density at radius 3 is 2.70 bits per heavy atom. The highest BCUT2D eigenvalue weighted by atomic mass is 35.5. The molecule has 27 heavy (non-hydrogen) atoms. The first-order valence-corrected chi connectivity index (χ1v) is 11.6. The summed E-state index contributed by atoms with van der Waals surface area (Å²) in [5, 5.41) is 2.99. The summed E-state index contributed by atoms with van der Waals surface area (Å²) < 4.78 is 32.8. The lowest BCUT2D eigenvalue weighted by Gasteiger charge is -2.30. The molecule has 1 aliphatic rings. The number of carbonyl (C=O) groups excluding carboxylic acids is 1. The maximum Gasteiger partial charge on any atom is 0.252 e. The van der Waals surface area contributed by atoms with E-state index in [4.69, 9.17) is 16.0 Å². The van der Waals surface area contributed by atoms with Gasteiger partial charge in [-0.05, 0) is 49.9 Å². The number of hydrogen-bond acceptors (Lipinski definition) is 5. The molecule has 2 aromatic rings. The number of piperidine rings is 1. The fourth-order valence-electron chi connectivity index (χ4n) is 3.29. The molecule has 9 heteroatoms. The van der Waals surface area contributed by atoms with Gasteiger partial charge in [-0.2, -0.15) is 4.31 Å². The Kier molecular flexibility index (Phi) is 6.62. The van der Waals surface area contributed by atoms with Gasteiger partial charge in [-0.1, -0.05) is 11.6 Å². The molecule has 148 valence electrons. The maximum absolute atomic E-state index is 12.6. The zero-order valence-electron chi connectivity index (χ0n) is 15.1. The van der Waals surface area contributed by atoms with Crippen molar-refractivity contribution in [3.63, 3.8) is 0 Å². The molecule has 0 aromatic carbocycles. The second kappa shape index (κ2) is 8.77. The third-order valence-corrected chi connectivity index (χ3v) is 8.28. The summed E-state index contributed by atoms with van der Waals surface area (Å²) in [6.07, 6.45) is 4.05. The van der Waals surface area contributed by atoms with Gasteiger partial charge in [0.15, 0.2) is 0 Å². The third-order valence-electron chi connectivity index (χ3n) is 4.69. The van der Waals surface area contributed by atoms with Crippen LogP contribution in [0.15, 0.2) is 39.2 Å². The lowest BCUT2D eigenvalue weighted by molar-refractivity contribution is -0.122. The number of halogens is 1. The molecule has 1 aliphatic heterocycles. The molecule has 1 atom stereocenters. The van der Waals surface area contributed by atoms with Gasteiger partial charge < -0.3 is 9.73 Å². The Labute approximate surface area is 168 Å². The summed E-state index contributed by atoms with van der Waals surface area (Å²) in [6, 6.07) is 6.85. The van der Waals surface area contributed by atoms with Crippen LogP contribution in [0.4, 0.5) is 0 Å². The number of nitrogens with one attached hydrogen (secondary N) is 1. The van der Waals surface area contributed by atoms with Gasteiger partial charge in [0.05, 0.1) is 10.6 Å². The van der Waals surface area contributed by atoms with Crippen molar-refractivity contribution in [2.75, 3.05) is 13.1 Å². The van der Waals surface area contributed by atoms with E-state index >= 15 is 0 Å². The van der Waals surface area contributed by atoms with Crippen LogP contribution in [0.25, 0.3) is 0 Å². The fraction of sp³-hybridized carbons (Fsp3) is 0.500. The lowest BCUT2D eigenvalue weighted by atomic mass is 9.94. The van der Waals surface area contributed by atoms with Crippen molar-refractivity contribution >= 4 is 38.9 Å². The normalized spacial score (nSPS) is 17.7. The van der Waals surface area contributed by atoms with E-state index in [9.17, 15) is 13.2 Å². The van der Waals surface area contributed by atoms with Crippen molar-refractivity contribution in [2.24, 2.45) is 5.92 Å². The second-order valence-corrected chi connectivity index (χ2v) is 10.7. The van der Waals surface area contributed by atoms with Crippen molar-refractivity contribution < 1.29 is 17.6 Å². The molecule has 1 amide bonds. The summed E-state index contributed by atoms with van der Waals surface area (Å²) in [7, 11) is -3.48. The van der Waals surface area contributed by atoms with Gasteiger partial charge in [0.2, 0.25) is 5.91 Å². The van der Waals surface area contributed by atoms with Crippen LogP contribution in [0.3, 0.4) is 0 Å². The molecule has 1 fully saturated rings. The Balaban J connectivity index is 1.45. The van der Waals surface area contributed by atoms with E-state index < -0.39 is 10.0 Å². The van der Waals surface area contributed by atoms with Crippen LogP contribution in [0.5, 0.6) is 0 Å². The quantitative estimate of drug-likeness (QED) is 0.728. The topological polar surface area (TPSA) is 79.6 Å². The Morgan fingerprint density at radius 2 is 2.11 bits per heavy atom. The third kappa shape index (κ3) is 5.34. The standard InChI is InChI=1S/C18H23ClN2O4S2/c1-13(11-15-3-2-10-25-15)20-17(22)12-14-6-8-21(9-7-14)27(23,24)18-5-4-16(19)26-18/h2-5,10,13-14H,6-9,11-12H2,1H3,(H,20,22). The van der Waals surface area contributed by atoms with E-state index in [0.717, 1.165) is 17.1 Å². The van der Waals surface area contributed by atoms with E-state index in [2.05, 4.69) is 5.32 Å². The van der Waals surface area contributed by atoms with E-state index in [1.807, 2.05) is 19.1 Å². The van der Waals surface area contributed by atoms with Crippen molar-refractivity contribution in [1.29, 1.82) is 0 Å². The molecule has 0 spiro atoms. The summed E-state index contributed by atoms with van der Waals surface area (Å²) in [6.45, 7) is 2.80. The Morgan fingerprint density at radius 1 is 1.37 bits per heavy atom. The summed E-state index contributed by atoms with van der Waals surface area (Å²) in [4.78, 5) is 12.3. The minimum Gasteiger partial charge on any atom is -0.469 e. The van der Waals surface area contributed by atoms with Crippen LogP contribution in [0.2, 0.25) is 4.34 Å². The molecule has 1 N–H and O–H groups in total. The summed E-state index contributed by atoms with van der Waals surface area (Å²) in [5.74, 6) is 1.04. The molecule has 3 rings (SSSR count). The van der Waals surface area contributed by atoms with Gasteiger partial charge in [-0.25, -0.2) is 8.42 Å². The number of hydrogen-bond donors (Lipinski definition) is 1. The van der Waals surface area contributed by atoms with Crippen LogP contribution in [0, 0.1) is 5.92 Å². The molecule has 6 nitrogen and oxygen atoms in total. The molecule has 0 aliphatic carbocycles. The van der Waals surface area contributed by atoms with E-state index in [1.165, 1.54) is 4.31 Å². The van der Waals surface area contributed by atoms with Crippen LogP contribution in [0.1, 0.15) is 31.9 Å². The van der Waals surface area contributed by atoms with Gasteiger partial charge in [-0.15, -0.1) is 11.3 Å². The zero-order valence-corrected chi connectivity index (χ0v) is 17.4. The van der Waals surface area contributed by atoms with Gasteiger partial charge in [-0.3, -0.25) is 4.79 Å².